The lowest BCUT2D eigenvalue weighted by molar-refractivity contribution is -0.153. The van der Waals surface area contributed by atoms with Gasteiger partial charge in [0.15, 0.2) is 17.4 Å². The number of phenolic OH excluding ortho intramolecular Hbond substituents is 2. The van der Waals surface area contributed by atoms with Gasteiger partial charge in [-0.2, -0.15) is 0 Å². The van der Waals surface area contributed by atoms with Crippen molar-refractivity contribution in [1.29, 1.82) is 0 Å². The van der Waals surface area contributed by atoms with Crippen LogP contribution >= 0.6 is 0 Å². The highest BCUT2D eigenvalue weighted by molar-refractivity contribution is 6.08. The molecule has 0 saturated heterocycles. The maximum atomic E-state index is 13.5. The molecule has 2 heterocycles. The summed E-state index contributed by atoms with van der Waals surface area (Å²) in [5, 5.41) is 19.9. The zero-order valence-electron chi connectivity index (χ0n) is 17.2. The predicted octanol–water partition coefficient (Wildman–Crippen LogP) is 2.21. The lowest BCUT2D eigenvalue weighted by atomic mass is 9.89. The Morgan fingerprint density at radius 3 is 2.65 bits per heavy atom. The number of carbonyl (C=O) groups is 2. The zero-order chi connectivity index (χ0) is 22.1. The number of aromatic hydroxyl groups is 2. The number of fused-ring (bicyclic) bond motifs is 3. The predicted molar refractivity (Wildman–Crippen MR) is 112 cm³/mol. The summed E-state index contributed by atoms with van der Waals surface area (Å²) >= 11 is 0. The molecule has 162 valence electrons. The van der Waals surface area contributed by atoms with E-state index in [-0.39, 0.29) is 31.3 Å². The van der Waals surface area contributed by atoms with Crippen LogP contribution in [0.4, 0.5) is 5.95 Å². The number of anilines is 1. The fraction of sp³-hybridized carbons (Fsp3) is 0.318. The quantitative estimate of drug-likeness (QED) is 0.354. The van der Waals surface area contributed by atoms with Crippen molar-refractivity contribution in [2.75, 3.05) is 31.8 Å². The second-order valence-electron chi connectivity index (χ2n) is 7.18. The topological polar surface area (TPSA) is 114 Å². The van der Waals surface area contributed by atoms with E-state index in [2.05, 4.69) is 4.98 Å². The molecule has 31 heavy (non-hydrogen) atoms. The van der Waals surface area contributed by atoms with Gasteiger partial charge in [0.2, 0.25) is 11.9 Å². The SMILES string of the molecule is CCOC(=O)C1C(=O)N(CCOC)c2nc3ccccc3n2C1c1ccc(O)c(O)c1. The van der Waals surface area contributed by atoms with E-state index >= 15 is 0 Å². The molecule has 0 saturated carbocycles. The molecule has 0 aliphatic carbocycles. The average molecular weight is 425 g/mol. The fourth-order valence-electron chi connectivity index (χ4n) is 3.97. The summed E-state index contributed by atoms with van der Waals surface area (Å²) in [5.74, 6) is -2.60. The number of benzene rings is 2. The van der Waals surface area contributed by atoms with E-state index in [1.807, 2.05) is 24.3 Å². The van der Waals surface area contributed by atoms with Crippen molar-refractivity contribution in [2.24, 2.45) is 5.92 Å². The number of hydrogen-bond donors (Lipinski definition) is 2. The first-order valence-electron chi connectivity index (χ1n) is 9.93. The van der Waals surface area contributed by atoms with Gasteiger partial charge in [-0.3, -0.25) is 14.5 Å². The molecule has 9 heteroatoms. The van der Waals surface area contributed by atoms with Crippen LogP contribution in [-0.2, 0) is 19.1 Å². The highest BCUT2D eigenvalue weighted by Crippen LogP contribution is 2.42. The molecule has 2 aromatic carbocycles. The number of aromatic nitrogens is 2. The van der Waals surface area contributed by atoms with Crippen LogP contribution in [0.3, 0.4) is 0 Å². The highest BCUT2D eigenvalue weighted by Gasteiger charge is 2.47. The average Bonchev–Trinajstić information content (AvgIpc) is 3.13. The van der Waals surface area contributed by atoms with Gasteiger partial charge in [-0.05, 0) is 36.8 Å². The Morgan fingerprint density at radius 1 is 1.16 bits per heavy atom. The Labute approximate surface area is 178 Å². The van der Waals surface area contributed by atoms with Crippen molar-refractivity contribution >= 4 is 28.9 Å². The second-order valence-corrected chi connectivity index (χ2v) is 7.18. The molecule has 1 aromatic heterocycles. The van der Waals surface area contributed by atoms with Gasteiger partial charge in [0.25, 0.3) is 0 Å². The molecule has 0 radical (unpaired) electrons. The lowest BCUT2D eigenvalue weighted by Crippen LogP contribution is -2.51. The molecular weight excluding hydrogens is 402 g/mol. The second kappa shape index (κ2) is 8.27. The number of carbonyl (C=O) groups excluding carboxylic acids is 2. The molecule has 2 N–H and O–H groups in total. The molecule has 3 aromatic rings. The van der Waals surface area contributed by atoms with Crippen molar-refractivity contribution in [1.82, 2.24) is 9.55 Å². The number of phenols is 2. The normalized spacial score (nSPS) is 18.3. The number of ether oxygens (including phenoxy) is 2. The van der Waals surface area contributed by atoms with Gasteiger partial charge in [0, 0.05) is 7.11 Å². The molecule has 0 spiro atoms. The molecule has 2 unspecified atom stereocenters. The van der Waals surface area contributed by atoms with Gasteiger partial charge in [0.1, 0.15) is 0 Å². The standard InChI is InChI=1S/C22H23N3O6/c1-3-31-21(29)18-19(13-8-9-16(26)17(27)12-13)25-15-7-5-4-6-14(15)23-22(25)24(20(18)28)10-11-30-2/h4-9,12,18-19,26-27H,3,10-11H2,1-2H3. The van der Waals surface area contributed by atoms with Crippen molar-refractivity contribution in [3.63, 3.8) is 0 Å². The minimum Gasteiger partial charge on any atom is -0.504 e. The third-order valence-electron chi connectivity index (χ3n) is 5.35. The molecule has 4 rings (SSSR count). The number of hydrogen-bond acceptors (Lipinski definition) is 7. The summed E-state index contributed by atoms with van der Waals surface area (Å²) < 4.78 is 12.2. The Hall–Kier alpha value is -3.59. The number of rotatable bonds is 6. The van der Waals surface area contributed by atoms with E-state index in [1.54, 1.807) is 17.6 Å². The van der Waals surface area contributed by atoms with E-state index in [1.165, 1.54) is 24.1 Å². The van der Waals surface area contributed by atoms with Gasteiger partial charge in [-0.1, -0.05) is 18.2 Å². The number of esters is 1. The zero-order valence-corrected chi connectivity index (χ0v) is 17.2. The smallest absolute Gasteiger partial charge is 0.321 e. The van der Waals surface area contributed by atoms with Crippen LogP contribution in [0, 0.1) is 5.92 Å². The molecule has 1 aliphatic heterocycles. The van der Waals surface area contributed by atoms with E-state index in [4.69, 9.17) is 9.47 Å². The third kappa shape index (κ3) is 3.46. The number of para-hydroxylation sites is 2. The first-order chi connectivity index (χ1) is 15.0. The van der Waals surface area contributed by atoms with Gasteiger partial charge in [-0.15, -0.1) is 0 Å². The van der Waals surface area contributed by atoms with Crippen LogP contribution in [-0.4, -0.2) is 58.5 Å². The van der Waals surface area contributed by atoms with Gasteiger partial charge < -0.3 is 24.3 Å². The maximum Gasteiger partial charge on any atom is 0.321 e. The van der Waals surface area contributed by atoms with Gasteiger partial charge >= 0.3 is 5.97 Å². The van der Waals surface area contributed by atoms with Gasteiger partial charge in [-0.25, -0.2) is 4.98 Å². The van der Waals surface area contributed by atoms with Crippen LogP contribution in [0.2, 0.25) is 0 Å². The van der Waals surface area contributed by atoms with Crippen LogP contribution in [0.25, 0.3) is 11.0 Å². The van der Waals surface area contributed by atoms with E-state index in [0.717, 1.165) is 5.52 Å². The molecule has 0 bridgehead atoms. The summed E-state index contributed by atoms with van der Waals surface area (Å²) in [6.07, 6.45) is 0. The number of nitrogens with zero attached hydrogens (tertiary/aromatic N) is 3. The summed E-state index contributed by atoms with van der Waals surface area (Å²) in [6.45, 7) is 2.26. The Balaban J connectivity index is 1.99. The van der Waals surface area contributed by atoms with Crippen molar-refractivity contribution in [2.45, 2.75) is 13.0 Å². The van der Waals surface area contributed by atoms with Crippen molar-refractivity contribution in [3.8, 4) is 11.5 Å². The number of amides is 1. The summed E-state index contributed by atoms with van der Waals surface area (Å²) in [7, 11) is 1.53. The number of imidazole rings is 1. The lowest BCUT2D eigenvalue weighted by Gasteiger charge is -2.37. The van der Waals surface area contributed by atoms with Crippen LogP contribution < -0.4 is 4.90 Å². The molecule has 2 atom stereocenters. The van der Waals surface area contributed by atoms with E-state index < -0.39 is 23.8 Å². The van der Waals surface area contributed by atoms with Crippen LogP contribution in [0.15, 0.2) is 42.5 Å². The first kappa shape index (κ1) is 20.7. The Morgan fingerprint density at radius 2 is 1.94 bits per heavy atom. The van der Waals surface area contributed by atoms with E-state index in [9.17, 15) is 19.8 Å². The monoisotopic (exact) mass is 425 g/mol. The van der Waals surface area contributed by atoms with Crippen molar-refractivity contribution in [3.05, 3.63) is 48.0 Å². The largest absolute Gasteiger partial charge is 0.504 e. The minimum atomic E-state index is -1.20. The Kier molecular flexibility index (Phi) is 5.51. The molecule has 9 nitrogen and oxygen atoms in total. The summed E-state index contributed by atoms with van der Waals surface area (Å²) in [6, 6.07) is 10.8. The first-order valence-corrected chi connectivity index (χ1v) is 9.93. The summed E-state index contributed by atoms with van der Waals surface area (Å²) in [4.78, 5) is 32.6. The maximum absolute atomic E-state index is 13.5. The fourth-order valence-corrected chi connectivity index (χ4v) is 3.97. The molecular formula is C22H23N3O6. The summed E-state index contributed by atoms with van der Waals surface area (Å²) in [5.41, 5.74) is 1.85. The highest BCUT2D eigenvalue weighted by atomic mass is 16.5. The van der Waals surface area contributed by atoms with E-state index in [0.29, 0.717) is 17.0 Å². The third-order valence-corrected chi connectivity index (χ3v) is 5.35. The Bertz CT molecular complexity index is 1140. The molecule has 1 amide bonds. The molecule has 1 aliphatic rings. The number of methoxy groups -OCH3 is 1. The molecule has 0 fully saturated rings. The van der Waals surface area contributed by atoms with Crippen molar-refractivity contribution < 1.29 is 29.3 Å². The van der Waals surface area contributed by atoms with Crippen LogP contribution in [0.1, 0.15) is 18.5 Å². The van der Waals surface area contributed by atoms with Crippen LogP contribution in [0.5, 0.6) is 11.5 Å². The van der Waals surface area contributed by atoms with Gasteiger partial charge in [0.05, 0.1) is 36.8 Å². The minimum absolute atomic E-state index is 0.117.